The molecule has 0 fully saturated rings. The van der Waals surface area contributed by atoms with E-state index in [2.05, 4.69) is 38.2 Å². The molecule has 1 aromatic carbocycles. The zero-order valence-electron chi connectivity index (χ0n) is 17.7. The molecular formula is C22H39N3O2. The maximum Gasteiger partial charge on any atom is 0.410 e. The Morgan fingerprint density at radius 1 is 1.07 bits per heavy atom. The quantitative estimate of drug-likeness (QED) is 0.495. The van der Waals surface area contributed by atoms with E-state index in [9.17, 15) is 4.79 Å². The summed E-state index contributed by atoms with van der Waals surface area (Å²) in [5.74, 6) is 0. The van der Waals surface area contributed by atoms with Gasteiger partial charge < -0.3 is 19.9 Å². The van der Waals surface area contributed by atoms with Crippen molar-refractivity contribution in [2.75, 3.05) is 40.3 Å². The zero-order chi connectivity index (χ0) is 19.9. The van der Waals surface area contributed by atoms with Crippen LogP contribution >= 0.6 is 0 Å². The number of unbranched alkanes of at least 4 members (excludes halogenated alkanes) is 1. The van der Waals surface area contributed by atoms with E-state index in [-0.39, 0.29) is 6.09 Å². The summed E-state index contributed by atoms with van der Waals surface area (Å²) in [7, 11) is 4.20. The summed E-state index contributed by atoms with van der Waals surface area (Å²) in [5.41, 5.74) is 1.02. The summed E-state index contributed by atoms with van der Waals surface area (Å²) < 4.78 is 5.54. The highest BCUT2D eigenvalue weighted by molar-refractivity contribution is 5.67. The van der Waals surface area contributed by atoms with E-state index in [1.54, 1.807) is 0 Å². The van der Waals surface area contributed by atoms with Crippen LogP contribution in [0.25, 0.3) is 0 Å². The van der Waals surface area contributed by atoms with E-state index >= 15 is 0 Å². The fourth-order valence-corrected chi connectivity index (χ4v) is 2.92. The number of hydrogen-bond acceptors (Lipinski definition) is 4. The Morgan fingerprint density at radius 2 is 1.81 bits per heavy atom. The minimum atomic E-state index is -0.199. The molecule has 27 heavy (non-hydrogen) atoms. The van der Waals surface area contributed by atoms with Crippen LogP contribution in [-0.2, 0) is 11.3 Å². The van der Waals surface area contributed by atoms with Gasteiger partial charge in [0.1, 0.15) is 6.61 Å². The summed E-state index contributed by atoms with van der Waals surface area (Å²) in [6, 6.07) is 10.3. The van der Waals surface area contributed by atoms with Crippen LogP contribution in [0, 0.1) is 0 Å². The number of carbonyl (C=O) groups is 1. The van der Waals surface area contributed by atoms with Crippen molar-refractivity contribution < 1.29 is 9.53 Å². The number of hydrogen-bond donors (Lipinski definition) is 1. The Morgan fingerprint density at radius 3 is 2.44 bits per heavy atom. The van der Waals surface area contributed by atoms with Crippen molar-refractivity contribution in [3.8, 4) is 0 Å². The number of nitrogens with one attached hydrogen (secondary N) is 1. The van der Waals surface area contributed by atoms with Crippen molar-refractivity contribution >= 4 is 6.09 Å². The SMILES string of the molecule is CCCCN(CCC(CC)NCCCN(C)C)C(=O)OCc1ccccc1. The highest BCUT2D eigenvalue weighted by Crippen LogP contribution is 2.07. The Kier molecular flexibility index (Phi) is 12.6. The van der Waals surface area contributed by atoms with Gasteiger partial charge in [-0.1, -0.05) is 50.6 Å². The molecule has 5 nitrogen and oxygen atoms in total. The summed E-state index contributed by atoms with van der Waals surface area (Å²) in [6.45, 7) is 8.31. The lowest BCUT2D eigenvalue weighted by Gasteiger charge is -2.25. The fraction of sp³-hybridized carbons (Fsp3) is 0.682. The summed E-state index contributed by atoms with van der Waals surface area (Å²) >= 11 is 0. The average Bonchev–Trinajstić information content (AvgIpc) is 2.68. The van der Waals surface area contributed by atoms with Gasteiger partial charge in [0.2, 0.25) is 0 Å². The van der Waals surface area contributed by atoms with E-state index < -0.39 is 0 Å². The largest absolute Gasteiger partial charge is 0.445 e. The molecule has 5 heteroatoms. The molecule has 0 spiro atoms. The first-order chi connectivity index (χ1) is 13.1. The van der Waals surface area contributed by atoms with E-state index in [0.29, 0.717) is 12.6 Å². The van der Waals surface area contributed by atoms with Crippen LogP contribution in [0.3, 0.4) is 0 Å². The second-order valence-electron chi connectivity index (χ2n) is 7.39. The van der Waals surface area contributed by atoms with Crippen LogP contribution < -0.4 is 5.32 Å². The third-order valence-corrected chi connectivity index (χ3v) is 4.70. The van der Waals surface area contributed by atoms with Crippen molar-refractivity contribution in [2.45, 2.75) is 58.6 Å². The predicted molar refractivity (Wildman–Crippen MR) is 113 cm³/mol. The molecule has 0 radical (unpaired) electrons. The lowest BCUT2D eigenvalue weighted by Crippen LogP contribution is -2.38. The van der Waals surface area contributed by atoms with Crippen LogP contribution in [-0.4, -0.2) is 62.2 Å². The highest BCUT2D eigenvalue weighted by Gasteiger charge is 2.16. The molecule has 1 atom stereocenters. The molecule has 1 rings (SSSR count). The van der Waals surface area contributed by atoms with Gasteiger partial charge in [0.15, 0.2) is 0 Å². The highest BCUT2D eigenvalue weighted by atomic mass is 16.6. The normalized spacial score (nSPS) is 12.2. The molecule has 1 unspecified atom stereocenters. The molecule has 0 aliphatic carbocycles. The third-order valence-electron chi connectivity index (χ3n) is 4.70. The number of amides is 1. The van der Waals surface area contributed by atoms with E-state index in [1.807, 2.05) is 35.2 Å². The average molecular weight is 378 g/mol. The molecular weight excluding hydrogens is 338 g/mol. The smallest absolute Gasteiger partial charge is 0.410 e. The van der Waals surface area contributed by atoms with Crippen LogP contribution in [0.2, 0.25) is 0 Å². The van der Waals surface area contributed by atoms with Crippen LogP contribution in [0.1, 0.15) is 51.5 Å². The standard InChI is InChI=1S/C22H39N3O2/c1-5-7-17-25(22(26)27-19-20-12-9-8-10-13-20)18-14-21(6-2)23-15-11-16-24(3)4/h8-10,12-13,21,23H,5-7,11,14-19H2,1-4H3. The molecule has 1 aromatic rings. The Hall–Kier alpha value is -1.59. The molecule has 0 aliphatic heterocycles. The molecule has 0 saturated heterocycles. The first-order valence-corrected chi connectivity index (χ1v) is 10.4. The number of rotatable bonds is 14. The Balaban J connectivity index is 2.43. The van der Waals surface area contributed by atoms with Gasteiger partial charge in [-0.2, -0.15) is 0 Å². The summed E-state index contributed by atoms with van der Waals surface area (Å²) in [6.07, 6.45) is 5.05. The maximum atomic E-state index is 12.5. The molecule has 0 aliphatic rings. The molecule has 0 bridgehead atoms. The van der Waals surface area contributed by atoms with E-state index in [1.165, 1.54) is 0 Å². The van der Waals surface area contributed by atoms with Crippen LogP contribution in [0.15, 0.2) is 30.3 Å². The minimum absolute atomic E-state index is 0.199. The van der Waals surface area contributed by atoms with Gasteiger partial charge in [0.25, 0.3) is 0 Å². The zero-order valence-corrected chi connectivity index (χ0v) is 17.7. The minimum Gasteiger partial charge on any atom is -0.445 e. The number of ether oxygens (including phenoxy) is 1. The summed E-state index contributed by atoms with van der Waals surface area (Å²) in [4.78, 5) is 16.6. The van der Waals surface area contributed by atoms with Gasteiger partial charge in [0.05, 0.1) is 0 Å². The van der Waals surface area contributed by atoms with Gasteiger partial charge in [0, 0.05) is 19.1 Å². The number of nitrogens with zero attached hydrogens (tertiary/aromatic N) is 2. The van der Waals surface area contributed by atoms with Crippen LogP contribution in [0.4, 0.5) is 4.79 Å². The predicted octanol–water partition coefficient (Wildman–Crippen LogP) is 4.14. The Labute approximate surface area is 166 Å². The maximum absolute atomic E-state index is 12.5. The molecule has 0 heterocycles. The lowest BCUT2D eigenvalue weighted by atomic mass is 10.1. The molecule has 1 N–H and O–H groups in total. The van der Waals surface area contributed by atoms with E-state index in [4.69, 9.17) is 4.74 Å². The van der Waals surface area contributed by atoms with Crippen LogP contribution in [0.5, 0.6) is 0 Å². The van der Waals surface area contributed by atoms with Crippen molar-refractivity contribution in [1.29, 1.82) is 0 Å². The van der Waals surface area contributed by atoms with Crippen molar-refractivity contribution in [3.05, 3.63) is 35.9 Å². The third kappa shape index (κ3) is 11.0. The van der Waals surface area contributed by atoms with Gasteiger partial charge in [-0.05, 0) is 58.4 Å². The van der Waals surface area contributed by atoms with Crippen molar-refractivity contribution in [2.24, 2.45) is 0 Å². The Bertz CT molecular complexity index is 494. The summed E-state index contributed by atoms with van der Waals surface area (Å²) in [5, 5.41) is 3.63. The second-order valence-corrected chi connectivity index (χ2v) is 7.39. The van der Waals surface area contributed by atoms with Gasteiger partial charge in [-0.25, -0.2) is 4.79 Å². The molecule has 1 amide bonds. The lowest BCUT2D eigenvalue weighted by molar-refractivity contribution is 0.0940. The monoisotopic (exact) mass is 377 g/mol. The second kappa shape index (κ2) is 14.5. The van der Waals surface area contributed by atoms with Gasteiger partial charge in [-0.15, -0.1) is 0 Å². The van der Waals surface area contributed by atoms with Crippen molar-refractivity contribution in [1.82, 2.24) is 15.1 Å². The number of carbonyl (C=O) groups excluding carboxylic acids is 1. The van der Waals surface area contributed by atoms with Gasteiger partial charge in [-0.3, -0.25) is 0 Å². The van der Waals surface area contributed by atoms with E-state index in [0.717, 1.165) is 63.8 Å². The topological polar surface area (TPSA) is 44.8 Å². The molecule has 0 aromatic heterocycles. The van der Waals surface area contributed by atoms with Crippen molar-refractivity contribution in [3.63, 3.8) is 0 Å². The molecule has 154 valence electrons. The fourth-order valence-electron chi connectivity index (χ4n) is 2.92. The first kappa shape index (κ1) is 23.4. The number of benzene rings is 1. The first-order valence-electron chi connectivity index (χ1n) is 10.4. The van der Waals surface area contributed by atoms with Gasteiger partial charge >= 0.3 is 6.09 Å². The molecule has 0 saturated carbocycles.